The van der Waals surface area contributed by atoms with Crippen LogP contribution >= 0.6 is 11.3 Å². The molecule has 0 spiro atoms. The van der Waals surface area contributed by atoms with Crippen molar-refractivity contribution < 1.29 is 14.7 Å². The SMILES string of the molecule is CCN(Cc1cccs1)C(=O)NC1(C(=O)O)CCCCC1. The molecule has 116 valence electrons. The van der Waals surface area contributed by atoms with Gasteiger partial charge in [0.1, 0.15) is 5.54 Å². The van der Waals surface area contributed by atoms with Crippen molar-refractivity contribution in [1.82, 2.24) is 10.2 Å². The van der Waals surface area contributed by atoms with E-state index in [-0.39, 0.29) is 6.03 Å². The second-order valence-corrected chi connectivity index (χ2v) is 6.50. The summed E-state index contributed by atoms with van der Waals surface area (Å²) in [5, 5.41) is 14.3. The highest BCUT2D eigenvalue weighted by atomic mass is 32.1. The number of nitrogens with one attached hydrogen (secondary N) is 1. The lowest BCUT2D eigenvalue weighted by molar-refractivity contribution is -0.146. The summed E-state index contributed by atoms with van der Waals surface area (Å²) in [6, 6.07) is 3.65. The lowest BCUT2D eigenvalue weighted by Gasteiger charge is -2.35. The van der Waals surface area contributed by atoms with Gasteiger partial charge in [0.05, 0.1) is 6.54 Å². The average Bonchev–Trinajstić information content (AvgIpc) is 2.98. The smallest absolute Gasteiger partial charge is 0.329 e. The number of carboxylic acid groups (broad SMARTS) is 1. The number of hydrogen-bond donors (Lipinski definition) is 2. The van der Waals surface area contributed by atoms with Crippen molar-refractivity contribution in [2.24, 2.45) is 0 Å². The highest BCUT2D eigenvalue weighted by Gasteiger charge is 2.41. The van der Waals surface area contributed by atoms with Gasteiger partial charge >= 0.3 is 12.0 Å². The number of rotatable bonds is 5. The number of hydrogen-bond acceptors (Lipinski definition) is 3. The molecule has 1 aliphatic rings. The molecule has 2 rings (SSSR count). The number of carboxylic acids is 1. The number of carbonyl (C=O) groups excluding carboxylic acids is 1. The van der Waals surface area contributed by atoms with Crippen molar-refractivity contribution in [3.8, 4) is 0 Å². The maximum absolute atomic E-state index is 12.4. The first kappa shape index (κ1) is 15.8. The van der Waals surface area contributed by atoms with E-state index in [4.69, 9.17) is 0 Å². The molecule has 0 atom stereocenters. The van der Waals surface area contributed by atoms with Gasteiger partial charge in [0.25, 0.3) is 0 Å². The van der Waals surface area contributed by atoms with Crippen LogP contribution in [-0.2, 0) is 11.3 Å². The number of urea groups is 1. The van der Waals surface area contributed by atoms with Crippen molar-refractivity contribution in [2.75, 3.05) is 6.54 Å². The Labute approximate surface area is 129 Å². The van der Waals surface area contributed by atoms with Crippen molar-refractivity contribution in [3.63, 3.8) is 0 Å². The Morgan fingerprint density at radius 3 is 2.62 bits per heavy atom. The molecule has 2 amide bonds. The molecule has 2 N–H and O–H groups in total. The summed E-state index contributed by atoms with van der Waals surface area (Å²) in [7, 11) is 0. The molecule has 0 aromatic carbocycles. The minimum Gasteiger partial charge on any atom is -0.480 e. The largest absolute Gasteiger partial charge is 0.480 e. The maximum Gasteiger partial charge on any atom is 0.329 e. The van der Waals surface area contributed by atoms with Gasteiger partial charge in [-0.2, -0.15) is 0 Å². The third-order valence-corrected chi connectivity index (χ3v) is 4.92. The molecule has 1 aliphatic carbocycles. The Morgan fingerprint density at radius 1 is 1.38 bits per heavy atom. The zero-order valence-corrected chi connectivity index (χ0v) is 13.1. The molecule has 21 heavy (non-hydrogen) atoms. The van der Waals surface area contributed by atoms with Gasteiger partial charge < -0.3 is 15.3 Å². The van der Waals surface area contributed by atoms with Crippen molar-refractivity contribution in [2.45, 2.75) is 51.1 Å². The third-order valence-electron chi connectivity index (χ3n) is 4.06. The number of nitrogens with zero attached hydrogens (tertiary/aromatic N) is 1. The molecule has 6 heteroatoms. The molecule has 1 heterocycles. The molecular weight excluding hydrogens is 288 g/mol. The lowest BCUT2D eigenvalue weighted by Crippen LogP contribution is -2.58. The predicted molar refractivity (Wildman–Crippen MR) is 82.4 cm³/mol. The van der Waals surface area contributed by atoms with E-state index in [0.29, 0.717) is 25.9 Å². The zero-order valence-electron chi connectivity index (χ0n) is 12.3. The summed E-state index contributed by atoms with van der Waals surface area (Å²) in [5.41, 5.74) is -1.09. The quantitative estimate of drug-likeness (QED) is 0.878. The Bertz CT molecular complexity index is 481. The molecule has 1 saturated carbocycles. The van der Waals surface area contributed by atoms with Gasteiger partial charge in [0.2, 0.25) is 0 Å². The summed E-state index contributed by atoms with van der Waals surface area (Å²) in [6.07, 6.45) is 3.78. The first-order valence-corrected chi connectivity index (χ1v) is 8.28. The van der Waals surface area contributed by atoms with Crippen molar-refractivity contribution >= 4 is 23.3 Å². The summed E-state index contributed by atoms with van der Waals surface area (Å²) in [6.45, 7) is 2.98. The molecule has 0 bridgehead atoms. The predicted octanol–water partition coefficient (Wildman–Crippen LogP) is 3.07. The van der Waals surface area contributed by atoms with Crippen LogP contribution in [0.4, 0.5) is 4.79 Å². The van der Waals surface area contributed by atoms with Gasteiger partial charge in [0, 0.05) is 11.4 Å². The molecule has 1 aromatic rings. The van der Waals surface area contributed by atoms with Gasteiger partial charge in [-0.3, -0.25) is 0 Å². The Balaban J connectivity index is 2.04. The fourth-order valence-corrected chi connectivity index (χ4v) is 3.47. The van der Waals surface area contributed by atoms with Crippen LogP contribution in [0.25, 0.3) is 0 Å². The molecule has 1 fully saturated rings. The Kier molecular flexibility index (Phi) is 5.22. The summed E-state index contributed by atoms with van der Waals surface area (Å²) in [4.78, 5) is 26.8. The molecule has 0 aliphatic heterocycles. The van der Waals surface area contributed by atoms with Gasteiger partial charge in [-0.25, -0.2) is 9.59 Å². The van der Waals surface area contributed by atoms with Gasteiger partial charge in [-0.1, -0.05) is 25.3 Å². The summed E-state index contributed by atoms with van der Waals surface area (Å²) >= 11 is 1.60. The van der Waals surface area contributed by atoms with E-state index in [9.17, 15) is 14.7 Å². The number of aliphatic carboxylic acids is 1. The van der Waals surface area contributed by atoms with Crippen LogP contribution < -0.4 is 5.32 Å². The Hall–Kier alpha value is -1.56. The molecule has 0 radical (unpaired) electrons. The van der Waals surface area contributed by atoms with E-state index >= 15 is 0 Å². The first-order valence-electron chi connectivity index (χ1n) is 7.40. The van der Waals surface area contributed by atoms with Crippen LogP contribution in [0.15, 0.2) is 17.5 Å². The fourth-order valence-electron chi connectivity index (χ4n) is 2.75. The van der Waals surface area contributed by atoms with Crippen LogP contribution in [0.3, 0.4) is 0 Å². The second-order valence-electron chi connectivity index (χ2n) is 5.47. The van der Waals surface area contributed by atoms with E-state index in [0.717, 1.165) is 24.1 Å². The van der Waals surface area contributed by atoms with Gasteiger partial charge in [0.15, 0.2) is 0 Å². The number of carbonyl (C=O) groups is 2. The Morgan fingerprint density at radius 2 is 2.10 bits per heavy atom. The van der Waals surface area contributed by atoms with E-state index in [2.05, 4.69) is 5.32 Å². The van der Waals surface area contributed by atoms with Gasteiger partial charge in [-0.05, 0) is 31.2 Å². The lowest BCUT2D eigenvalue weighted by atomic mass is 9.82. The van der Waals surface area contributed by atoms with Crippen LogP contribution in [0.1, 0.15) is 43.9 Å². The monoisotopic (exact) mass is 310 g/mol. The van der Waals surface area contributed by atoms with Crippen LogP contribution in [0.2, 0.25) is 0 Å². The zero-order chi connectivity index (χ0) is 15.3. The molecule has 1 aromatic heterocycles. The van der Waals surface area contributed by atoms with E-state index in [1.54, 1.807) is 16.2 Å². The topological polar surface area (TPSA) is 69.6 Å². The highest BCUT2D eigenvalue weighted by molar-refractivity contribution is 7.09. The average molecular weight is 310 g/mol. The van der Waals surface area contributed by atoms with Crippen molar-refractivity contribution in [1.29, 1.82) is 0 Å². The first-order chi connectivity index (χ1) is 10.1. The highest BCUT2D eigenvalue weighted by Crippen LogP contribution is 2.29. The summed E-state index contributed by atoms with van der Waals surface area (Å²) in [5.74, 6) is -0.914. The van der Waals surface area contributed by atoms with Crippen LogP contribution in [-0.4, -0.2) is 34.1 Å². The van der Waals surface area contributed by atoms with E-state index in [1.807, 2.05) is 24.4 Å². The van der Waals surface area contributed by atoms with E-state index in [1.165, 1.54) is 0 Å². The molecule has 0 unspecified atom stereocenters. The third kappa shape index (κ3) is 3.75. The van der Waals surface area contributed by atoms with Crippen LogP contribution in [0, 0.1) is 0 Å². The van der Waals surface area contributed by atoms with Crippen molar-refractivity contribution in [3.05, 3.63) is 22.4 Å². The maximum atomic E-state index is 12.4. The number of amides is 2. The molecular formula is C15H22N2O3S. The second kappa shape index (κ2) is 6.93. The fraction of sp³-hybridized carbons (Fsp3) is 0.600. The standard InChI is InChI=1S/C15H22N2O3S/c1-2-17(11-12-7-6-10-21-12)14(20)16-15(13(18)19)8-4-3-5-9-15/h6-7,10H,2-5,8-9,11H2,1H3,(H,16,20)(H,18,19). The van der Waals surface area contributed by atoms with E-state index < -0.39 is 11.5 Å². The minimum absolute atomic E-state index is 0.282. The summed E-state index contributed by atoms with van der Waals surface area (Å²) < 4.78 is 0. The molecule has 0 saturated heterocycles. The van der Waals surface area contributed by atoms with Crippen LogP contribution in [0.5, 0.6) is 0 Å². The number of thiophene rings is 1. The normalized spacial score (nSPS) is 17.2. The minimum atomic E-state index is -1.09. The molecule has 5 nitrogen and oxygen atoms in total. The van der Waals surface area contributed by atoms with Gasteiger partial charge in [-0.15, -0.1) is 11.3 Å².